The van der Waals surface area contributed by atoms with E-state index in [9.17, 15) is 0 Å². The number of anilines is 1. The number of ether oxygens (including phenoxy) is 1. The normalized spacial score (nSPS) is 10.8. The van der Waals surface area contributed by atoms with Gasteiger partial charge in [0.1, 0.15) is 11.5 Å². The molecule has 0 aliphatic heterocycles. The number of para-hydroxylation sites is 1. The summed E-state index contributed by atoms with van der Waals surface area (Å²) in [6.45, 7) is 0. The first-order chi connectivity index (χ1) is 11.7. The molecule has 1 N–H and O–H groups in total. The molecule has 0 bridgehead atoms. The molecule has 3 aromatic carbocycles. The predicted molar refractivity (Wildman–Crippen MR) is 101 cm³/mol. The minimum Gasteiger partial charge on any atom is -0.457 e. The molecular formula is C19H14Cl2N2O. The zero-order valence-electron chi connectivity index (χ0n) is 12.6. The Hall–Kier alpha value is -2.49. The maximum atomic E-state index is 5.98. The molecule has 24 heavy (non-hydrogen) atoms. The SMILES string of the molecule is Clc1cc(Cl)cc(Oc2cccc(C=NNc3ccccc3)c2)c1. The lowest BCUT2D eigenvalue weighted by molar-refractivity contribution is 0.482. The van der Waals surface area contributed by atoms with E-state index in [0.717, 1.165) is 11.3 Å². The first-order valence-electron chi connectivity index (χ1n) is 7.27. The second-order valence-corrected chi connectivity index (χ2v) is 5.89. The highest BCUT2D eigenvalue weighted by molar-refractivity contribution is 6.34. The number of nitrogens with zero attached hydrogens (tertiary/aromatic N) is 1. The molecule has 0 fully saturated rings. The zero-order chi connectivity index (χ0) is 16.8. The molecule has 0 saturated carbocycles. The lowest BCUT2D eigenvalue weighted by atomic mass is 10.2. The molecule has 3 nitrogen and oxygen atoms in total. The van der Waals surface area contributed by atoms with Gasteiger partial charge in [0.05, 0.1) is 11.9 Å². The van der Waals surface area contributed by atoms with E-state index in [2.05, 4.69) is 10.5 Å². The zero-order valence-corrected chi connectivity index (χ0v) is 14.1. The van der Waals surface area contributed by atoms with E-state index in [1.54, 1.807) is 24.4 Å². The molecule has 0 amide bonds. The first kappa shape index (κ1) is 16.4. The summed E-state index contributed by atoms with van der Waals surface area (Å²) in [6, 6.07) is 22.4. The van der Waals surface area contributed by atoms with Gasteiger partial charge in [-0.1, -0.05) is 53.5 Å². The molecule has 0 atom stereocenters. The fourth-order valence-electron chi connectivity index (χ4n) is 2.08. The Kier molecular flexibility index (Phi) is 5.36. The van der Waals surface area contributed by atoms with Crippen molar-refractivity contribution in [1.82, 2.24) is 0 Å². The third-order valence-corrected chi connectivity index (χ3v) is 3.55. The van der Waals surface area contributed by atoms with Gasteiger partial charge in [0.15, 0.2) is 0 Å². The van der Waals surface area contributed by atoms with E-state index in [1.165, 1.54) is 0 Å². The van der Waals surface area contributed by atoms with Crippen molar-refractivity contribution in [1.29, 1.82) is 0 Å². The van der Waals surface area contributed by atoms with Crippen LogP contribution in [0.2, 0.25) is 10.0 Å². The van der Waals surface area contributed by atoms with Crippen molar-refractivity contribution in [2.45, 2.75) is 0 Å². The summed E-state index contributed by atoms with van der Waals surface area (Å²) in [5.41, 5.74) is 4.80. The Morgan fingerprint density at radius 3 is 2.29 bits per heavy atom. The highest BCUT2D eigenvalue weighted by Gasteiger charge is 2.02. The van der Waals surface area contributed by atoms with Crippen LogP contribution in [0.3, 0.4) is 0 Å². The van der Waals surface area contributed by atoms with Crippen LogP contribution in [0.4, 0.5) is 5.69 Å². The Balaban J connectivity index is 1.69. The molecule has 5 heteroatoms. The van der Waals surface area contributed by atoms with Crippen molar-refractivity contribution in [3.8, 4) is 11.5 Å². The van der Waals surface area contributed by atoms with Crippen LogP contribution in [-0.4, -0.2) is 6.21 Å². The molecule has 0 aliphatic rings. The third-order valence-electron chi connectivity index (χ3n) is 3.11. The van der Waals surface area contributed by atoms with Gasteiger partial charge in [0, 0.05) is 10.0 Å². The molecule has 0 spiro atoms. The third kappa shape index (κ3) is 4.75. The van der Waals surface area contributed by atoms with Gasteiger partial charge in [-0.15, -0.1) is 0 Å². The van der Waals surface area contributed by atoms with Crippen LogP contribution in [0.25, 0.3) is 0 Å². The predicted octanol–water partition coefficient (Wildman–Crippen LogP) is 6.23. The van der Waals surface area contributed by atoms with Crippen LogP contribution in [0.1, 0.15) is 5.56 Å². The monoisotopic (exact) mass is 356 g/mol. The van der Waals surface area contributed by atoms with Crippen LogP contribution < -0.4 is 10.2 Å². The average Bonchev–Trinajstić information content (AvgIpc) is 2.55. The highest BCUT2D eigenvalue weighted by Crippen LogP contribution is 2.28. The minimum absolute atomic E-state index is 0.530. The number of nitrogens with one attached hydrogen (secondary N) is 1. The molecule has 120 valence electrons. The van der Waals surface area contributed by atoms with Crippen molar-refractivity contribution in [2.24, 2.45) is 5.10 Å². The summed E-state index contributed by atoms with van der Waals surface area (Å²) in [5, 5.41) is 5.28. The smallest absolute Gasteiger partial charge is 0.130 e. The molecular weight excluding hydrogens is 343 g/mol. The van der Waals surface area contributed by atoms with E-state index in [1.807, 2.05) is 54.6 Å². The molecule has 0 unspecified atom stereocenters. The van der Waals surface area contributed by atoms with Gasteiger partial charge in [-0.3, -0.25) is 5.43 Å². The molecule has 3 aromatic rings. The Morgan fingerprint density at radius 2 is 1.54 bits per heavy atom. The standard InChI is InChI=1S/C19H14Cl2N2O/c20-15-10-16(21)12-19(11-15)24-18-8-4-5-14(9-18)13-22-23-17-6-2-1-3-7-17/h1-13,23H. The van der Waals surface area contributed by atoms with Crippen molar-refractivity contribution in [3.63, 3.8) is 0 Å². The van der Waals surface area contributed by atoms with Crippen LogP contribution in [0, 0.1) is 0 Å². The van der Waals surface area contributed by atoms with Crippen molar-refractivity contribution < 1.29 is 4.74 Å². The summed E-state index contributed by atoms with van der Waals surface area (Å²) in [7, 11) is 0. The molecule has 0 aliphatic carbocycles. The summed E-state index contributed by atoms with van der Waals surface area (Å²) in [4.78, 5) is 0. The summed E-state index contributed by atoms with van der Waals surface area (Å²) in [5.74, 6) is 1.26. The van der Waals surface area contributed by atoms with Gasteiger partial charge in [0.25, 0.3) is 0 Å². The molecule has 0 heterocycles. The van der Waals surface area contributed by atoms with Crippen LogP contribution in [-0.2, 0) is 0 Å². The minimum atomic E-state index is 0.530. The Morgan fingerprint density at radius 1 is 0.792 bits per heavy atom. The van der Waals surface area contributed by atoms with Crippen LogP contribution in [0.5, 0.6) is 11.5 Å². The number of hydrogen-bond acceptors (Lipinski definition) is 3. The number of hydrogen-bond donors (Lipinski definition) is 1. The summed E-state index contributed by atoms with van der Waals surface area (Å²) in [6.07, 6.45) is 1.73. The van der Waals surface area contributed by atoms with Crippen molar-refractivity contribution in [2.75, 3.05) is 5.43 Å². The average molecular weight is 357 g/mol. The van der Waals surface area contributed by atoms with Crippen LogP contribution in [0.15, 0.2) is 77.9 Å². The lowest BCUT2D eigenvalue weighted by Crippen LogP contribution is -1.91. The molecule has 0 saturated heterocycles. The van der Waals surface area contributed by atoms with Crippen molar-refractivity contribution >= 4 is 35.1 Å². The fraction of sp³-hybridized carbons (Fsp3) is 0. The van der Waals surface area contributed by atoms with Gasteiger partial charge >= 0.3 is 0 Å². The van der Waals surface area contributed by atoms with E-state index < -0.39 is 0 Å². The Bertz CT molecular complexity index is 831. The maximum absolute atomic E-state index is 5.98. The summed E-state index contributed by atoms with van der Waals surface area (Å²) < 4.78 is 5.79. The number of halogens is 2. The lowest BCUT2D eigenvalue weighted by Gasteiger charge is -2.07. The van der Waals surface area contributed by atoms with Crippen LogP contribution >= 0.6 is 23.2 Å². The highest BCUT2D eigenvalue weighted by atomic mass is 35.5. The van der Waals surface area contributed by atoms with E-state index in [-0.39, 0.29) is 0 Å². The topological polar surface area (TPSA) is 33.6 Å². The van der Waals surface area contributed by atoms with Crippen molar-refractivity contribution in [3.05, 3.63) is 88.4 Å². The van der Waals surface area contributed by atoms with Gasteiger partial charge in [-0.25, -0.2) is 0 Å². The molecule has 0 aromatic heterocycles. The van der Waals surface area contributed by atoms with Gasteiger partial charge in [-0.05, 0) is 48.0 Å². The van der Waals surface area contributed by atoms with Gasteiger partial charge < -0.3 is 4.74 Å². The molecule has 3 rings (SSSR count). The second-order valence-electron chi connectivity index (χ2n) is 5.02. The largest absolute Gasteiger partial charge is 0.457 e. The van der Waals surface area contributed by atoms with E-state index in [0.29, 0.717) is 21.5 Å². The number of rotatable bonds is 5. The molecule has 0 radical (unpaired) electrons. The Labute approximate surface area is 150 Å². The quantitative estimate of drug-likeness (QED) is 0.434. The second kappa shape index (κ2) is 7.86. The van der Waals surface area contributed by atoms with E-state index in [4.69, 9.17) is 27.9 Å². The fourth-order valence-corrected chi connectivity index (χ4v) is 2.58. The number of hydrazone groups is 1. The first-order valence-corrected chi connectivity index (χ1v) is 8.03. The van der Waals surface area contributed by atoms with Gasteiger partial charge in [-0.2, -0.15) is 5.10 Å². The van der Waals surface area contributed by atoms with E-state index >= 15 is 0 Å². The number of benzene rings is 3. The maximum Gasteiger partial charge on any atom is 0.130 e. The summed E-state index contributed by atoms with van der Waals surface area (Å²) >= 11 is 12.0. The van der Waals surface area contributed by atoms with Gasteiger partial charge in [0.2, 0.25) is 0 Å².